The summed E-state index contributed by atoms with van der Waals surface area (Å²) in [5.74, 6) is -0.00448. The molecule has 2 amide bonds. The molecule has 2 saturated carbocycles. The predicted octanol–water partition coefficient (Wildman–Crippen LogP) is 2.44. The minimum absolute atomic E-state index is 0.0287. The second kappa shape index (κ2) is 8.30. The topological polar surface area (TPSA) is 86.8 Å². The summed E-state index contributed by atoms with van der Waals surface area (Å²) in [5, 5.41) is 2.93. The van der Waals surface area contributed by atoms with Crippen molar-refractivity contribution in [3.8, 4) is 0 Å². The molecule has 0 spiro atoms. The first kappa shape index (κ1) is 21.3. The molecule has 2 fully saturated rings. The Morgan fingerprint density at radius 2 is 1.83 bits per heavy atom. The first-order valence-corrected chi connectivity index (χ1v) is 12.4. The molecular formula is C22H31N3O4S. The zero-order valence-electron chi connectivity index (χ0n) is 17.8. The van der Waals surface area contributed by atoms with E-state index in [1.807, 2.05) is 11.8 Å². The average molecular weight is 434 g/mol. The molecule has 0 saturated heterocycles. The normalized spacial score (nSPS) is 22.2. The summed E-state index contributed by atoms with van der Waals surface area (Å²) in [5.41, 5.74) is 1.69. The average Bonchev–Trinajstić information content (AvgIpc) is 3.25. The zero-order valence-corrected chi connectivity index (χ0v) is 18.6. The molecule has 7 nitrogen and oxygen atoms in total. The van der Waals surface area contributed by atoms with Crippen LogP contribution in [0.25, 0.3) is 0 Å². The Balaban J connectivity index is 1.47. The molecule has 8 heteroatoms. The molecule has 1 atom stereocenters. The molecule has 30 heavy (non-hydrogen) atoms. The lowest BCUT2D eigenvalue weighted by atomic mass is 9.84. The molecule has 1 aliphatic heterocycles. The minimum atomic E-state index is -3.79. The van der Waals surface area contributed by atoms with Crippen molar-refractivity contribution in [2.75, 3.05) is 18.5 Å². The van der Waals surface area contributed by atoms with Crippen LogP contribution in [0, 0.1) is 5.92 Å². The second-order valence-corrected chi connectivity index (χ2v) is 11.0. The Kier molecular flexibility index (Phi) is 5.90. The third-order valence-corrected chi connectivity index (χ3v) is 8.55. The molecule has 0 radical (unpaired) electrons. The largest absolute Gasteiger partial charge is 0.352 e. The Morgan fingerprint density at radius 1 is 1.13 bits per heavy atom. The number of amides is 2. The van der Waals surface area contributed by atoms with Gasteiger partial charge in [0.1, 0.15) is 0 Å². The van der Waals surface area contributed by atoms with E-state index in [1.54, 1.807) is 18.2 Å². The van der Waals surface area contributed by atoms with Crippen LogP contribution >= 0.6 is 0 Å². The lowest BCUT2D eigenvalue weighted by Crippen LogP contribution is -2.42. The van der Waals surface area contributed by atoms with Gasteiger partial charge in [0.25, 0.3) is 0 Å². The van der Waals surface area contributed by atoms with Crippen LogP contribution in [0.5, 0.6) is 0 Å². The highest BCUT2D eigenvalue weighted by molar-refractivity contribution is 7.89. The monoisotopic (exact) mass is 433 g/mol. The number of nitrogens with zero attached hydrogens (tertiary/aromatic N) is 2. The minimum Gasteiger partial charge on any atom is -0.352 e. The van der Waals surface area contributed by atoms with Gasteiger partial charge in [-0.3, -0.25) is 9.59 Å². The van der Waals surface area contributed by atoms with E-state index in [4.69, 9.17) is 0 Å². The number of benzene rings is 1. The van der Waals surface area contributed by atoms with Crippen molar-refractivity contribution in [3.63, 3.8) is 0 Å². The highest BCUT2D eigenvalue weighted by Crippen LogP contribution is 2.38. The summed E-state index contributed by atoms with van der Waals surface area (Å²) in [6.45, 7) is 1.81. The molecule has 1 aromatic carbocycles. The predicted molar refractivity (Wildman–Crippen MR) is 115 cm³/mol. The fourth-order valence-corrected chi connectivity index (χ4v) is 5.94. The number of fused-ring (bicyclic) bond motifs is 1. The second-order valence-electron chi connectivity index (χ2n) is 8.99. The molecule has 1 heterocycles. The molecule has 4 rings (SSSR count). The molecule has 0 unspecified atom stereocenters. The first-order valence-electron chi connectivity index (χ1n) is 11.0. The molecule has 0 aromatic heterocycles. The number of anilines is 1. The number of likely N-dealkylation sites (N-methyl/N-ethyl adjacent to an activating group) is 1. The standard InChI is InChI=1S/C22H31N3O4S/c1-15-12-17-13-19(10-11-20(17)25(15)22(27)16-6-5-7-16)30(28,29)24(2)14-21(26)23-18-8-3-4-9-18/h10-11,13,15-16,18H,3-9,12,14H2,1-2H3,(H,23,26)/t15-/m1/s1. The van der Waals surface area contributed by atoms with Crippen LogP contribution in [0.15, 0.2) is 23.1 Å². The van der Waals surface area contributed by atoms with Crippen molar-refractivity contribution in [1.29, 1.82) is 0 Å². The van der Waals surface area contributed by atoms with E-state index in [-0.39, 0.29) is 41.3 Å². The SMILES string of the molecule is C[C@@H]1Cc2cc(S(=O)(=O)N(C)CC(=O)NC3CCCC3)ccc2N1C(=O)C1CCC1. The van der Waals surface area contributed by atoms with Crippen LogP contribution in [0.3, 0.4) is 0 Å². The molecular weight excluding hydrogens is 402 g/mol. The molecule has 3 aliphatic rings. The lowest BCUT2D eigenvalue weighted by molar-refractivity contribution is -0.125. The maximum absolute atomic E-state index is 13.0. The molecule has 0 bridgehead atoms. The van der Waals surface area contributed by atoms with E-state index in [1.165, 1.54) is 7.05 Å². The number of sulfonamides is 1. The summed E-state index contributed by atoms with van der Waals surface area (Å²) < 4.78 is 27.2. The van der Waals surface area contributed by atoms with Gasteiger partial charge in [-0.05, 0) is 62.8 Å². The van der Waals surface area contributed by atoms with E-state index < -0.39 is 10.0 Å². The van der Waals surface area contributed by atoms with Gasteiger partial charge in [0, 0.05) is 30.7 Å². The third-order valence-electron chi connectivity index (χ3n) is 6.75. The molecule has 2 aliphatic carbocycles. The zero-order chi connectivity index (χ0) is 21.5. The highest BCUT2D eigenvalue weighted by atomic mass is 32.2. The summed E-state index contributed by atoms with van der Waals surface area (Å²) >= 11 is 0. The fraction of sp³-hybridized carbons (Fsp3) is 0.636. The smallest absolute Gasteiger partial charge is 0.243 e. The maximum Gasteiger partial charge on any atom is 0.243 e. The van der Waals surface area contributed by atoms with Crippen LogP contribution in [0.2, 0.25) is 0 Å². The van der Waals surface area contributed by atoms with Crippen LogP contribution in [0.1, 0.15) is 57.4 Å². The number of carbonyl (C=O) groups excluding carboxylic acids is 2. The summed E-state index contributed by atoms with van der Waals surface area (Å²) in [6.07, 6.45) is 7.75. The van der Waals surface area contributed by atoms with Crippen molar-refractivity contribution >= 4 is 27.5 Å². The Hall–Kier alpha value is -1.93. The number of hydrogen-bond donors (Lipinski definition) is 1. The molecule has 1 aromatic rings. The number of nitrogens with one attached hydrogen (secondary N) is 1. The number of carbonyl (C=O) groups is 2. The molecule has 164 valence electrons. The maximum atomic E-state index is 13.0. The Morgan fingerprint density at radius 3 is 2.47 bits per heavy atom. The van der Waals surface area contributed by atoms with Crippen LogP contribution < -0.4 is 10.2 Å². The molecule has 1 N–H and O–H groups in total. The fourth-order valence-electron chi connectivity index (χ4n) is 4.77. The van der Waals surface area contributed by atoms with Gasteiger partial charge in [-0.15, -0.1) is 0 Å². The van der Waals surface area contributed by atoms with Gasteiger partial charge in [-0.25, -0.2) is 8.42 Å². The van der Waals surface area contributed by atoms with Crippen molar-refractivity contribution in [1.82, 2.24) is 9.62 Å². The first-order chi connectivity index (χ1) is 14.3. The van der Waals surface area contributed by atoms with Gasteiger partial charge in [0.05, 0.1) is 11.4 Å². The number of rotatable bonds is 6. The van der Waals surface area contributed by atoms with Gasteiger partial charge in [0.2, 0.25) is 21.8 Å². The van der Waals surface area contributed by atoms with Crippen LogP contribution in [-0.2, 0) is 26.0 Å². The van der Waals surface area contributed by atoms with Crippen molar-refractivity contribution in [2.45, 2.75) is 75.3 Å². The van der Waals surface area contributed by atoms with Gasteiger partial charge < -0.3 is 10.2 Å². The van der Waals surface area contributed by atoms with Gasteiger partial charge in [-0.1, -0.05) is 19.3 Å². The van der Waals surface area contributed by atoms with Gasteiger partial charge in [-0.2, -0.15) is 4.31 Å². The van der Waals surface area contributed by atoms with E-state index in [0.717, 1.165) is 60.5 Å². The summed E-state index contributed by atoms with van der Waals surface area (Å²) in [6, 6.07) is 5.16. The Labute approximate surface area is 178 Å². The van der Waals surface area contributed by atoms with Crippen molar-refractivity contribution < 1.29 is 18.0 Å². The van der Waals surface area contributed by atoms with E-state index in [2.05, 4.69) is 5.32 Å². The van der Waals surface area contributed by atoms with Crippen LogP contribution in [0.4, 0.5) is 5.69 Å². The van der Waals surface area contributed by atoms with Gasteiger partial charge in [0.15, 0.2) is 0 Å². The van der Waals surface area contributed by atoms with Crippen LogP contribution in [-0.4, -0.2) is 50.2 Å². The lowest BCUT2D eigenvalue weighted by Gasteiger charge is -2.32. The third kappa shape index (κ3) is 3.99. The van der Waals surface area contributed by atoms with E-state index in [0.29, 0.717) is 6.42 Å². The quantitative estimate of drug-likeness (QED) is 0.747. The van der Waals surface area contributed by atoms with Crippen molar-refractivity contribution in [2.24, 2.45) is 5.92 Å². The number of hydrogen-bond acceptors (Lipinski definition) is 4. The van der Waals surface area contributed by atoms with E-state index in [9.17, 15) is 18.0 Å². The summed E-state index contributed by atoms with van der Waals surface area (Å²) in [4.78, 5) is 27.1. The highest BCUT2D eigenvalue weighted by Gasteiger charge is 2.37. The van der Waals surface area contributed by atoms with E-state index >= 15 is 0 Å². The summed E-state index contributed by atoms with van der Waals surface area (Å²) in [7, 11) is -2.35. The van der Waals surface area contributed by atoms with Gasteiger partial charge >= 0.3 is 0 Å². The Bertz CT molecular complexity index is 936. The van der Waals surface area contributed by atoms with Crippen molar-refractivity contribution in [3.05, 3.63) is 23.8 Å².